The molecule has 1 amide bonds. The standard InChI is InChI=1S/C19H31NO4/c21-16-14-24-19(23)17(16)18(22)20-13-12-15-10-8-6-4-2-1-3-5-7-9-11-15/h15,17H,1-14H2,(H,20,22). The van der Waals surface area contributed by atoms with Crippen molar-refractivity contribution in [2.24, 2.45) is 11.8 Å². The largest absolute Gasteiger partial charge is 0.457 e. The van der Waals surface area contributed by atoms with E-state index in [1.54, 1.807) is 0 Å². The highest BCUT2D eigenvalue weighted by molar-refractivity contribution is 6.19. The lowest BCUT2D eigenvalue weighted by atomic mass is 9.90. The second-order valence-electron chi connectivity index (χ2n) is 7.21. The van der Waals surface area contributed by atoms with E-state index in [1.165, 1.54) is 70.6 Å². The van der Waals surface area contributed by atoms with E-state index in [4.69, 9.17) is 0 Å². The molecule has 1 aliphatic carbocycles. The SMILES string of the molecule is O=C1COC(=O)C1C(=O)NCCC1CCCCCCCCCCC1. The number of Topliss-reactive ketones (excluding diaryl/α,β-unsaturated/α-hetero) is 1. The van der Waals surface area contributed by atoms with Crippen molar-refractivity contribution < 1.29 is 19.1 Å². The van der Waals surface area contributed by atoms with Crippen molar-refractivity contribution in [1.82, 2.24) is 5.32 Å². The van der Waals surface area contributed by atoms with Crippen LogP contribution < -0.4 is 5.32 Å². The molecule has 24 heavy (non-hydrogen) atoms. The summed E-state index contributed by atoms with van der Waals surface area (Å²) in [5.41, 5.74) is 0. The zero-order chi connectivity index (χ0) is 17.2. The number of ether oxygens (including phenoxy) is 1. The number of rotatable bonds is 4. The van der Waals surface area contributed by atoms with Crippen LogP contribution >= 0.6 is 0 Å². The fourth-order valence-electron chi connectivity index (χ4n) is 3.73. The van der Waals surface area contributed by atoms with E-state index in [1.807, 2.05) is 0 Å². The molecule has 1 saturated carbocycles. The van der Waals surface area contributed by atoms with Crippen molar-refractivity contribution in [3.63, 3.8) is 0 Å². The van der Waals surface area contributed by atoms with Crippen molar-refractivity contribution in [2.75, 3.05) is 13.2 Å². The van der Waals surface area contributed by atoms with Crippen molar-refractivity contribution in [2.45, 2.75) is 77.0 Å². The van der Waals surface area contributed by atoms with Gasteiger partial charge in [0, 0.05) is 6.54 Å². The molecule has 5 nitrogen and oxygen atoms in total. The van der Waals surface area contributed by atoms with E-state index in [-0.39, 0.29) is 6.61 Å². The monoisotopic (exact) mass is 337 g/mol. The quantitative estimate of drug-likeness (QED) is 0.632. The van der Waals surface area contributed by atoms with Crippen LogP contribution in [0.25, 0.3) is 0 Å². The summed E-state index contributed by atoms with van der Waals surface area (Å²) in [6.45, 7) is 0.278. The molecule has 1 heterocycles. The molecule has 0 bridgehead atoms. The molecule has 0 aromatic heterocycles. The Labute approximate surface area is 144 Å². The van der Waals surface area contributed by atoms with E-state index in [0.717, 1.165) is 6.42 Å². The first kappa shape index (κ1) is 18.9. The minimum Gasteiger partial charge on any atom is -0.457 e. The zero-order valence-electron chi connectivity index (χ0n) is 14.7. The van der Waals surface area contributed by atoms with Crippen molar-refractivity contribution in [1.29, 1.82) is 0 Å². The van der Waals surface area contributed by atoms with Crippen LogP contribution in [0.4, 0.5) is 0 Å². The summed E-state index contributed by atoms with van der Waals surface area (Å²) in [6, 6.07) is 0. The van der Waals surface area contributed by atoms with Crippen molar-refractivity contribution in [3.05, 3.63) is 0 Å². The van der Waals surface area contributed by atoms with Gasteiger partial charge in [-0.2, -0.15) is 0 Å². The van der Waals surface area contributed by atoms with E-state index < -0.39 is 23.6 Å². The van der Waals surface area contributed by atoms with E-state index in [2.05, 4.69) is 10.1 Å². The normalized spacial score (nSPS) is 24.8. The smallest absolute Gasteiger partial charge is 0.326 e. The van der Waals surface area contributed by atoms with Crippen LogP contribution in [0.3, 0.4) is 0 Å². The highest BCUT2D eigenvalue weighted by Gasteiger charge is 2.41. The predicted octanol–water partition coefficient (Wildman–Crippen LogP) is 3.16. The number of nitrogens with one attached hydrogen (secondary N) is 1. The Morgan fingerprint density at radius 1 is 0.917 bits per heavy atom. The van der Waals surface area contributed by atoms with Crippen LogP contribution in [0.2, 0.25) is 0 Å². The topological polar surface area (TPSA) is 72.5 Å². The van der Waals surface area contributed by atoms with E-state index in [0.29, 0.717) is 12.5 Å². The minimum absolute atomic E-state index is 0.264. The Morgan fingerprint density at radius 2 is 1.46 bits per heavy atom. The van der Waals surface area contributed by atoms with Crippen LogP contribution in [-0.2, 0) is 19.1 Å². The number of esters is 1. The molecule has 1 unspecified atom stereocenters. The van der Waals surface area contributed by atoms with E-state index >= 15 is 0 Å². The van der Waals surface area contributed by atoms with Gasteiger partial charge in [-0.25, -0.2) is 0 Å². The number of carbonyl (C=O) groups is 3. The van der Waals surface area contributed by atoms with Gasteiger partial charge in [-0.1, -0.05) is 70.6 Å². The molecule has 2 aliphatic rings. The number of carbonyl (C=O) groups excluding carboxylic acids is 3. The summed E-state index contributed by atoms with van der Waals surface area (Å²) in [5, 5.41) is 2.76. The number of cyclic esters (lactones) is 1. The minimum atomic E-state index is -1.23. The van der Waals surface area contributed by atoms with Crippen LogP contribution in [0, 0.1) is 11.8 Å². The lowest BCUT2D eigenvalue weighted by Crippen LogP contribution is -2.37. The van der Waals surface area contributed by atoms with Gasteiger partial charge in [-0.15, -0.1) is 0 Å². The molecule has 0 radical (unpaired) electrons. The second kappa shape index (κ2) is 10.5. The lowest BCUT2D eigenvalue weighted by Gasteiger charge is -2.18. The van der Waals surface area contributed by atoms with Gasteiger partial charge >= 0.3 is 5.97 Å². The first-order valence-electron chi connectivity index (χ1n) is 9.65. The molecular formula is C19H31NO4. The molecule has 2 rings (SSSR count). The van der Waals surface area contributed by atoms with Gasteiger partial charge in [0.25, 0.3) is 0 Å². The van der Waals surface area contributed by atoms with Crippen LogP contribution in [-0.4, -0.2) is 30.8 Å². The summed E-state index contributed by atoms with van der Waals surface area (Å²) in [5.74, 6) is -2.22. The Bertz CT molecular complexity index is 407. The van der Waals surface area contributed by atoms with Crippen LogP contribution in [0.15, 0.2) is 0 Å². The summed E-state index contributed by atoms with van der Waals surface area (Å²) in [7, 11) is 0. The summed E-state index contributed by atoms with van der Waals surface area (Å²) in [6.07, 6.45) is 15.3. The third-order valence-corrected chi connectivity index (χ3v) is 5.25. The average Bonchev–Trinajstić information content (AvgIpc) is 2.88. The van der Waals surface area contributed by atoms with Gasteiger partial charge < -0.3 is 10.1 Å². The van der Waals surface area contributed by atoms with Crippen molar-refractivity contribution in [3.8, 4) is 0 Å². The van der Waals surface area contributed by atoms with Gasteiger partial charge in [0.15, 0.2) is 18.3 Å². The molecule has 0 aromatic rings. The van der Waals surface area contributed by atoms with Crippen LogP contribution in [0.5, 0.6) is 0 Å². The van der Waals surface area contributed by atoms with Gasteiger partial charge in [0.2, 0.25) is 5.91 Å². The third kappa shape index (κ3) is 6.25. The number of hydrogen-bond acceptors (Lipinski definition) is 4. The van der Waals surface area contributed by atoms with Gasteiger partial charge in [-0.3, -0.25) is 14.4 Å². The zero-order valence-corrected chi connectivity index (χ0v) is 14.7. The molecule has 0 aromatic carbocycles. The molecule has 0 spiro atoms. The highest BCUT2D eigenvalue weighted by atomic mass is 16.5. The van der Waals surface area contributed by atoms with Gasteiger partial charge in [0.05, 0.1) is 0 Å². The highest BCUT2D eigenvalue weighted by Crippen LogP contribution is 2.23. The maximum Gasteiger partial charge on any atom is 0.326 e. The number of hydrogen-bond donors (Lipinski definition) is 1. The lowest BCUT2D eigenvalue weighted by molar-refractivity contribution is -0.145. The Kier molecular flexibility index (Phi) is 8.26. The average molecular weight is 337 g/mol. The summed E-state index contributed by atoms with van der Waals surface area (Å²) >= 11 is 0. The predicted molar refractivity (Wildman–Crippen MR) is 91.4 cm³/mol. The maximum absolute atomic E-state index is 12.0. The molecule has 1 saturated heterocycles. The van der Waals surface area contributed by atoms with E-state index in [9.17, 15) is 14.4 Å². The molecule has 5 heteroatoms. The molecule has 2 fully saturated rings. The Balaban J connectivity index is 1.70. The first-order valence-corrected chi connectivity index (χ1v) is 9.65. The number of amides is 1. The fourth-order valence-corrected chi connectivity index (χ4v) is 3.73. The molecule has 1 aliphatic heterocycles. The molecule has 1 atom stereocenters. The molecular weight excluding hydrogens is 306 g/mol. The van der Waals surface area contributed by atoms with Crippen molar-refractivity contribution >= 4 is 17.7 Å². The summed E-state index contributed by atoms with van der Waals surface area (Å²) < 4.78 is 4.62. The Morgan fingerprint density at radius 3 is 1.96 bits per heavy atom. The van der Waals surface area contributed by atoms with Gasteiger partial charge in [0.1, 0.15) is 0 Å². The molecule has 136 valence electrons. The molecule has 1 N–H and O–H groups in total. The van der Waals surface area contributed by atoms with Gasteiger partial charge in [-0.05, 0) is 12.3 Å². The second-order valence-corrected chi connectivity index (χ2v) is 7.21. The Hall–Kier alpha value is -1.39. The fraction of sp³-hybridized carbons (Fsp3) is 0.842. The first-order chi connectivity index (χ1) is 11.7. The van der Waals surface area contributed by atoms with Crippen LogP contribution in [0.1, 0.15) is 77.0 Å². The maximum atomic E-state index is 12.0. The summed E-state index contributed by atoms with van der Waals surface area (Å²) in [4.78, 5) is 34.9. The number of ketones is 1. The third-order valence-electron chi connectivity index (χ3n) is 5.25.